The molecule has 0 bridgehead atoms. The summed E-state index contributed by atoms with van der Waals surface area (Å²) in [4.78, 5) is 0. The lowest BCUT2D eigenvalue weighted by molar-refractivity contribution is 0.471. The Labute approximate surface area is 126 Å². The summed E-state index contributed by atoms with van der Waals surface area (Å²) in [5, 5.41) is 0. The Morgan fingerprint density at radius 1 is 0.905 bits per heavy atom. The van der Waals surface area contributed by atoms with Gasteiger partial charge in [0.05, 0.1) is 0 Å². The fourth-order valence-corrected chi connectivity index (χ4v) is 3.04. The maximum absolute atomic E-state index is 13.0. The molecule has 0 aliphatic heterocycles. The largest absolute Gasteiger partial charge is 0.207 e. The highest BCUT2D eigenvalue weighted by molar-refractivity contribution is 5.70. The van der Waals surface area contributed by atoms with E-state index in [1.807, 2.05) is 12.1 Å². The Kier molecular flexibility index (Phi) is 4.19. The molecule has 1 unspecified atom stereocenters. The van der Waals surface area contributed by atoms with Crippen LogP contribution in [0.5, 0.6) is 0 Å². The van der Waals surface area contributed by atoms with E-state index in [2.05, 4.69) is 37.3 Å². The smallest absolute Gasteiger partial charge is 0.123 e. The maximum Gasteiger partial charge on any atom is 0.123 e. The molecule has 3 rings (SSSR count). The molecule has 1 aliphatic rings. The minimum atomic E-state index is -0.187. The number of halogens is 1. The lowest BCUT2D eigenvalue weighted by Crippen LogP contribution is -2.03. The summed E-state index contributed by atoms with van der Waals surface area (Å²) in [5.74, 6) is 0.681. The maximum atomic E-state index is 13.0. The van der Waals surface area contributed by atoms with Crippen LogP contribution in [0.3, 0.4) is 0 Å². The van der Waals surface area contributed by atoms with Crippen molar-refractivity contribution in [1.29, 1.82) is 0 Å². The number of benzene rings is 2. The highest BCUT2D eigenvalue weighted by atomic mass is 19.1. The average molecular weight is 280 g/mol. The van der Waals surface area contributed by atoms with Crippen LogP contribution in [-0.2, 0) is 0 Å². The SMILES string of the molecule is CCC1CC=C(c2ccc(-c3ccc(F)cc3)cc2)CC1. The summed E-state index contributed by atoms with van der Waals surface area (Å²) in [7, 11) is 0. The average Bonchev–Trinajstić information content (AvgIpc) is 2.56. The van der Waals surface area contributed by atoms with Gasteiger partial charge in [-0.15, -0.1) is 0 Å². The van der Waals surface area contributed by atoms with Crippen LogP contribution >= 0.6 is 0 Å². The molecule has 21 heavy (non-hydrogen) atoms. The third kappa shape index (κ3) is 3.24. The molecule has 108 valence electrons. The molecule has 0 fully saturated rings. The molecule has 1 aliphatic carbocycles. The second-order valence-corrected chi connectivity index (χ2v) is 5.86. The van der Waals surface area contributed by atoms with Gasteiger partial charge in [-0.25, -0.2) is 4.39 Å². The zero-order valence-corrected chi connectivity index (χ0v) is 12.5. The molecular formula is C20H21F. The molecule has 2 aromatic rings. The van der Waals surface area contributed by atoms with Crippen molar-refractivity contribution in [3.63, 3.8) is 0 Å². The first-order valence-electron chi connectivity index (χ1n) is 7.81. The zero-order valence-electron chi connectivity index (χ0n) is 12.5. The topological polar surface area (TPSA) is 0 Å². The van der Waals surface area contributed by atoms with E-state index in [4.69, 9.17) is 0 Å². The number of rotatable bonds is 3. The molecule has 0 spiro atoms. The standard InChI is InChI=1S/C20H21F/c1-2-15-3-5-16(6-4-15)17-7-9-18(10-8-17)19-11-13-20(21)14-12-19/h5,7-15H,2-4,6H2,1H3. The van der Waals surface area contributed by atoms with E-state index >= 15 is 0 Å². The lowest BCUT2D eigenvalue weighted by atomic mass is 9.85. The summed E-state index contributed by atoms with van der Waals surface area (Å²) in [6, 6.07) is 15.3. The van der Waals surface area contributed by atoms with Crippen molar-refractivity contribution in [2.75, 3.05) is 0 Å². The van der Waals surface area contributed by atoms with Gasteiger partial charge < -0.3 is 0 Å². The molecule has 0 aromatic heterocycles. The molecule has 2 aromatic carbocycles. The van der Waals surface area contributed by atoms with E-state index in [-0.39, 0.29) is 5.82 Å². The van der Waals surface area contributed by atoms with Gasteiger partial charge in [-0.05, 0) is 59.6 Å². The van der Waals surface area contributed by atoms with Gasteiger partial charge in [0.1, 0.15) is 5.82 Å². The van der Waals surface area contributed by atoms with Crippen LogP contribution in [-0.4, -0.2) is 0 Å². The highest BCUT2D eigenvalue weighted by Crippen LogP contribution is 2.32. The molecule has 0 amide bonds. The summed E-state index contributed by atoms with van der Waals surface area (Å²) in [5.41, 5.74) is 5.01. The summed E-state index contributed by atoms with van der Waals surface area (Å²) in [6.07, 6.45) is 7.40. The van der Waals surface area contributed by atoms with Crippen LogP contribution in [0.2, 0.25) is 0 Å². The molecule has 0 heterocycles. The molecule has 0 saturated carbocycles. The van der Waals surface area contributed by atoms with Crippen LogP contribution in [0, 0.1) is 11.7 Å². The van der Waals surface area contributed by atoms with Crippen LogP contribution in [0.15, 0.2) is 54.6 Å². The van der Waals surface area contributed by atoms with Crippen LogP contribution in [0.1, 0.15) is 38.2 Å². The Balaban J connectivity index is 1.78. The Morgan fingerprint density at radius 2 is 1.48 bits per heavy atom. The van der Waals surface area contributed by atoms with E-state index in [1.165, 1.54) is 49.0 Å². The molecule has 0 nitrogen and oxygen atoms in total. The van der Waals surface area contributed by atoms with Crippen molar-refractivity contribution < 1.29 is 4.39 Å². The summed E-state index contributed by atoms with van der Waals surface area (Å²) in [6.45, 7) is 2.28. The summed E-state index contributed by atoms with van der Waals surface area (Å²) >= 11 is 0. The van der Waals surface area contributed by atoms with Gasteiger partial charge in [0, 0.05) is 0 Å². The first kappa shape index (κ1) is 14.1. The highest BCUT2D eigenvalue weighted by Gasteiger charge is 2.13. The zero-order chi connectivity index (χ0) is 14.7. The van der Waals surface area contributed by atoms with Crippen molar-refractivity contribution in [2.45, 2.75) is 32.6 Å². The van der Waals surface area contributed by atoms with E-state index in [0.717, 1.165) is 17.0 Å². The molecule has 1 heteroatoms. The molecule has 0 radical (unpaired) electrons. The fraction of sp³-hybridized carbons (Fsp3) is 0.300. The van der Waals surface area contributed by atoms with Crippen molar-refractivity contribution >= 4 is 5.57 Å². The van der Waals surface area contributed by atoms with E-state index in [9.17, 15) is 4.39 Å². The van der Waals surface area contributed by atoms with Crippen molar-refractivity contribution in [3.05, 3.63) is 66.0 Å². The summed E-state index contributed by atoms with van der Waals surface area (Å²) < 4.78 is 13.0. The normalized spacial score (nSPS) is 18.4. The van der Waals surface area contributed by atoms with E-state index < -0.39 is 0 Å². The van der Waals surface area contributed by atoms with Gasteiger partial charge in [-0.2, -0.15) is 0 Å². The van der Waals surface area contributed by atoms with Crippen LogP contribution in [0.25, 0.3) is 16.7 Å². The molecule has 0 saturated heterocycles. The first-order valence-corrected chi connectivity index (χ1v) is 7.81. The van der Waals surface area contributed by atoms with Gasteiger partial charge in [0.25, 0.3) is 0 Å². The molecule has 1 atom stereocenters. The molecule has 0 N–H and O–H groups in total. The van der Waals surface area contributed by atoms with Gasteiger partial charge >= 0.3 is 0 Å². The number of allylic oxidation sites excluding steroid dienone is 2. The van der Waals surface area contributed by atoms with E-state index in [0.29, 0.717) is 0 Å². The quantitative estimate of drug-likeness (QED) is 0.638. The van der Waals surface area contributed by atoms with E-state index in [1.54, 1.807) is 0 Å². The first-order chi connectivity index (χ1) is 10.3. The van der Waals surface area contributed by atoms with Crippen LogP contribution < -0.4 is 0 Å². The fourth-order valence-electron chi connectivity index (χ4n) is 3.04. The monoisotopic (exact) mass is 280 g/mol. The second-order valence-electron chi connectivity index (χ2n) is 5.86. The Morgan fingerprint density at radius 3 is 2.00 bits per heavy atom. The van der Waals surface area contributed by atoms with Crippen LogP contribution in [0.4, 0.5) is 4.39 Å². The third-order valence-electron chi connectivity index (χ3n) is 4.53. The van der Waals surface area contributed by atoms with Gasteiger partial charge in [0.2, 0.25) is 0 Å². The second kappa shape index (κ2) is 6.26. The lowest BCUT2D eigenvalue weighted by Gasteiger charge is -2.20. The van der Waals surface area contributed by atoms with Crippen molar-refractivity contribution in [1.82, 2.24) is 0 Å². The van der Waals surface area contributed by atoms with Gasteiger partial charge in [0.15, 0.2) is 0 Å². The predicted molar refractivity (Wildman–Crippen MR) is 87.4 cm³/mol. The van der Waals surface area contributed by atoms with Gasteiger partial charge in [-0.1, -0.05) is 55.8 Å². The predicted octanol–water partition coefficient (Wildman–Crippen LogP) is 6.09. The van der Waals surface area contributed by atoms with Crippen molar-refractivity contribution in [3.8, 4) is 11.1 Å². The number of hydrogen-bond donors (Lipinski definition) is 0. The van der Waals surface area contributed by atoms with Gasteiger partial charge in [-0.3, -0.25) is 0 Å². The number of hydrogen-bond acceptors (Lipinski definition) is 0. The third-order valence-corrected chi connectivity index (χ3v) is 4.53. The molecular weight excluding hydrogens is 259 g/mol. The minimum absolute atomic E-state index is 0.187. The Bertz CT molecular complexity index is 620. The van der Waals surface area contributed by atoms with Crippen molar-refractivity contribution in [2.24, 2.45) is 5.92 Å². The Hall–Kier alpha value is -1.89. The minimum Gasteiger partial charge on any atom is -0.207 e.